The topological polar surface area (TPSA) is 45.0 Å². The summed E-state index contributed by atoms with van der Waals surface area (Å²) in [6.07, 6.45) is 3.58. The number of ether oxygens (including phenoxy) is 1. The molecule has 3 nitrogen and oxygen atoms in total. The van der Waals surface area contributed by atoms with Gasteiger partial charge in [-0.1, -0.05) is 13.0 Å². The highest BCUT2D eigenvalue weighted by Gasteiger charge is 2.25. The van der Waals surface area contributed by atoms with E-state index in [0.29, 0.717) is 12.1 Å². The molecule has 0 bridgehead atoms. The van der Waals surface area contributed by atoms with Crippen molar-refractivity contribution in [2.45, 2.75) is 43.2 Å². The van der Waals surface area contributed by atoms with Gasteiger partial charge in [-0.25, -0.2) is 0 Å². The van der Waals surface area contributed by atoms with Crippen LogP contribution in [0.4, 0.5) is 5.69 Å². The van der Waals surface area contributed by atoms with E-state index < -0.39 is 0 Å². The minimum atomic E-state index is 0.358. The first kappa shape index (κ1) is 14.2. The Balaban J connectivity index is 2.12. The number of hydrogen-bond acceptors (Lipinski definition) is 4. The highest BCUT2D eigenvalue weighted by Crippen LogP contribution is 2.31. The first-order chi connectivity index (χ1) is 9.28. The van der Waals surface area contributed by atoms with Gasteiger partial charge in [0.1, 0.15) is 6.07 Å². The number of rotatable bonds is 5. The van der Waals surface area contributed by atoms with Crippen molar-refractivity contribution < 1.29 is 4.74 Å². The number of hydrogen-bond donors (Lipinski definition) is 1. The Bertz CT molecular complexity index is 470. The Labute approximate surface area is 119 Å². The predicted octanol–water partition coefficient (Wildman–Crippen LogP) is 3.65. The molecule has 2 unspecified atom stereocenters. The fourth-order valence-corrected chi connectivity index (χ4v) is 3.33. The molecule has 1 N–H and O–H groups in total. The summed E-state index contributed by atoms with van der Waals surface area (Å²) >= 11 is 1.72. The second-order valence-electron chi connectivity index (χ2n) is 4.74. The van der Waals surface area contributed by atoms with Gasteiger partial charge in [0.15, 0.2) is 0 Å². The van der Waals surface area contributed by atoms with Crippen molar-refractivity contribution >= 4 is 17.4 Å². The van der Waals surface area contributed by atoms with E-state index in [1.165, 1.54) is 0 Å². The van der Waals surface area contributed by atoms with Crippen LogP contribution in [0.5, 0.6) is 0 Å². The predicted molar refractivity (Wildman–Crippen MR) is 79.6 cm³/mol. The van der Waals surface area contributed by atoms with Crippen molar-refractivity contribution in [3.8, 4) is 6.07 Å². The maximum atomic E-state index is 9.37. The van der Waals surface area contributed by atoms with E-state index in [4.69, 9.17) is 4.74 Å². The Morgan fingerprint density at radius 1 is 1.47 bits per heavy atom. The molecule has 102 valence electrons. The smallest absolute Gasteiger partial charge is 0.102 e. The van der Waals surface area contributed by atoms with Crippen LogP contribution in [-0.2, 0) is 4.74 Å². The van der Waals surface area contributed by atoms with Gasteiger partial charge in [-0.15, -0.1) is 11.8 Å². The average Bonchev–Trinajstić information content (AvgIpc) is 2.87. The molecule has 19 heavy (non-hydrogen) atoms. The van der Waals surface area contributed by atoms with E-state index in [9.17, 15) is 5.26 Å². The van der Waals surface area contributed by atoms with Crippen LogP contribution in [0.15, 0.2) is 23.1 Å². The number of nitrogens with one attached hydrogen (secondary N) is 1. The molecule has 1 aromatic rings. The van der Waals surface area contributed by atoms with Crippen molar-refractivity contribution in [2.24, 2.45) is 0 Å². The van der Waals surface area contributed by atoms with Crippen LogP contribution in [0, 0.1) is 11.3 Å². The first-order valence-electron chi connectivity index (χ1n) is 6.73. The number of nitrogens with zero attached hydrogens (tertiary/aromatic N) is 1. The summed E-state index contributed by atoms with van der Waals surface area (Å²) in [6, 6.07) is 8.78. The molecule has 1 aliphatic carbocycles. The molecular weight excluding hydrogens is 256 g/mol. The second-order valence-corrected chi connectivity index (χ2v) is 6.04. The summed E-state index contributed by atoms with van der Waals surface area (Å²) in [5.41, 5.74) is 1.73. The van der Waals surface area contributed by atoms with Crippen LogP contribution >= 0.6 is 11.8 Å². The summed E-state index contributed by atoms with van der Waals surface area (Å²) in [6.45, 7) is 2.10. The van der Waals surface area contributed by atoms with E-state index in [1.807, 2.05) is 18.2 Å². The molecule has 2 rings (SSSR count). The molecule has 0 heterocycles. The SMILES string of the molecule is CCSc1cccc(NC2CCC(OC)C2)c1C#N. The van der Waals surface area contributed by atoms with Crippen molar-refractivity contribution in [3.05, 3.63) is 23.8 Å². The molecule has 0 aromatic heterocycles. The van der Waals surface area contributed by atoms with Gasteiger partial charge < -0.3 is 10.1 Å². The van der Waals surface area contributed by atoms with E-state index in [0.717, 1.165) is 41.2 Å². The lowest BCUT2D eigenvalue weighted by Gasteiger charge is -2.16. The summed E-state index contributed by atoms with van der Waals surface area (Å²) in [7, 11) is 1.77. The van der Waals surface area contributed by atoms with Crippen LogP contribution in [0.3, 0.4) is 0 Å². The fraction of sp³-hybridized carbons (Fsp3) is 0.533. The molecule has 0 saturated heterocycles. The largest absolute Gasteiger partial charge is 0.381 e. The number of thioether (sulfide) groups is 1. The van der Waals surface area contributed by atoms with Crippen LogP contribution in [-0.4, -0.2) is 25.0 Å². The van der Waals surface area contributed by atoms with E-state index in [2.05, 4.69) is 18.3 Å². The lowest BCUT2D eigenvalue weighted by atomic mass is 10.1. The molecule has 0 amide bonds. The van der Waals surface area contributed by atoms with Gasteiger partial charge in [0.05, 0.1) is 17.4 Å². The normalized spacial score (nSPS) is 22.2. The third-order valence-electron chi connectivity index (χ3n) is 3.52. The first-order valence-corrected chi connectivity index (χ1v) is 7.72. The third kappa shape index (κ3) is 3.43. The second kappa shape index (κ2) is 6.83. The summed E-state index contributed by atoms with van der Waals surface area (Å²) in [5, 5.41) is 12.9. The zero-order chi connectivity index (χ0) is 13.7. The maximum Gasteiger partial charge on any atom is 0.102 e. The van der Waals surface area contributed by atoms with Crippen molar-refractivity contribution in [1.29, 1.82) is 5.26 Å². The summed E-state index contributed by atoms with van der Waals surface area (Å²) in [5.74, 6) is 0.979. The van der Waals surface area contributed by atoms with Crippen molar-refractivity contribution in [1.82, 2.24) is 0 Å². The van der Waals surface area contributed by atoms with Crippen LogP contribution in [0.2, 0.25) is 0 Å². The zero-order valence-electron chi connectivity index (χ0n) is 11.5. The van der Waals surface area contributed by atoms with Gasteiger partial charge in [0.25, 0.3) is 0 Å². The molecule has 1 aliphatic rings. The lowest BCUT2D eigenvalue weighted by molar-refractivity contribution is 0.108. The molecular formula is C15H20N2OS. The summed E-state index contributed by atoms with van der Waals surface area (Å²) < 4.78 is 5.39. The monoisotopic (exact) mass is 276 g/mol. The van der Waals surface area contributed by atoms with Gasteiger partial charge in [-0.3, -0.25) is 0 Å². The lowest BCUT2D eigenvalue weighted by Crippen LogP contribution is -2.18. The Hall–Kier alpha value is -1.18. The maximum absolute atomic E-state index is 9.37. The van der Waals surface area contributed by atoms with E-state index >= 15 is 0 Å². The van der Waals surface area contributed by atoms with Gasteiger partial charge >= 0.3 is 0 Å². The van der Waals surface area contributed by atoms with Crippen LogP contribution < -0.4 is 5.32 Å². The quantitative estimate of drug-likeness (QED) is 0.834. The highest BCUT2D eigenvalue weighted by molar-refractivity contribution is 7.99. The van der Waals surface area contributed by atoms with Gasteiger partial charge in [0.2, 0.25) is 0 Å². The van der Waals surface area contributed by atoms with Crippen LogP contribution in [0.25, 0.3) is 0 Å². The van der Waals surface area contributed by atoms with Crippen LogP contribution in [0.1, 0.15) is 31.7 Å². The fourth-order valence-electron chi connectivity index (χ4n) is 2.55. The molecule has 0 spiro atoms. The Morgan fingerprint density at radius 3 is 2.95 bits per heavy atom. The third-order valence-corrected chi connectivity index (χ3v) is 4.46. The molecule has 4 heteroatoms. The Morgan fingerprint density at radius 2 is 2.32 bits per heavy atom. The number of anilines is 1. The summed E-state index contributed by atoms with van der Waals surface area (Å²) in [4.78, 5) is 1.07. The van der Waals surface area contributed by atoms with E-state index in [-0.39, 0.29) is 0 Å². The van der Waals surface area contributed by atoms with Crippen molar-refractivity contribution in [2.75, 3.05) is 18.2 Å². The van der Waals surface area contributed by atoms with Gasteiger partial charge in [-0.05, 0) is 37.1 Å². The minimum Gasteiger partial charge on any atom is -0.381 e. The molecule has 1 saturated carbocycles. The average molecular weight is 276 g/mol. The molecule has 0 radical (unpaired) electrons. The minimum absolute atomic E-state index is 0.358. The molecule has 1 fully saturated rings. The standard InChI is InChI=1S/C15H20N2OS/c1-3-19-15-6-4-5-14(13(15)10-16)17-11-7-8-12(9-11)18-2/h4-6,11-12,17H,3,7-9H2,1-2H3. The zero-order valence-corrected chi connectivity index (χ0v) is 12.3. The van der Waals surface area contributed by atoms with Gasteiger partial charge in [0, 0.05) is 18.0 Å². The highest BCUT2D eigenvalue weighted by atomic mass is 32.2. The number of nitriles is 1. The number of methoxy groups -OCH3 is 1. The molecule has 1 aromatic carbocycles. The molecule has 0 aliphatic heterocycles. The molecule has 2 atom stereocenters. The van der Waals surface area contributed by atoms with Crippen molar-refractivity contribution in [3.63, 3.8) is 0 Å². The number of benzene rings is 1. The van der Waals surface area contributed by atoms with Gasteiger partial charge in [-0.2, -0.15) is 5.26 Å². The Kier molecular flexibility index (Phi) is 5.12. The van der Waals surface area contributed by atoms with E-state index in [1.54, 1.807) is 18.9 Å².